The minimum absolute atomic E-state index is 0.0532. The largest absolute Gasteiger partial charge is 0.360 e. The van der Waals surface area contributed by atoms with Crippen molar-refractivity contribution in [3.63, 3.8) is 0 Å². The molecule has 0 atom stereocenters. The molecule has 150 valence electrons. The van der Waals surface area contributed by atoms with E-state index in [1.54, 1.807) is 23.7 Å². The van der Waals surface area contributed by atoms with E-state index in [-0.39, 0.29) is 5.41 Å². The summed E-state index contributed by atoms with van der Waals surface area (Å²) in [6.07, 6.45) is 6.74. The van der Waals surface area contributed by atoms with Crippen LogP contribution in [0.2, 0.25) is 0 Å². The van der Waals surface area contributed by atoms with Gasteiger partial charge in [0, 0.05) is 50.5 Å². The van der Waals surface area contributed by atoms with Gasteiger partial charge < -0.3 is 10.2 Å². The summed E-state index contributed by atoms with van der Waals surface area (Å²) < 4.78 is 1.89. The van der Waals surface area contributed by atoms with E-state index in [1.165, 1.54) is 0 Å². The summed E-state index contributed by atoms with van der Waals surface area (Å²) in [5.74, 6) is 0.840. The second kappa shape index (κ2) is 8.00. The van der Waals surface area contributed by atoms with Gasteiger partial charge in [0.1, 0.15) is 0 Å². The van der Waals surface area contributed by atoms with Gasteiger partial charge in [0.2, 0.25) is 16.0 Å². The van der Waals surface area contributed by atoms with Crippen molar-refractivity contribution in [2.75, 3.05) is 49.5 Å². The topological polar surface area (TPSA) is 74.5 Å². The molecule has 0 spiro atoms. The van der Waals surface area contributed by atoms with Crippen LogP contribution in [0.4, 0.5) is 11.1 Å². The summed E-state index contributed by atoms with van der Waals surface area (Å²) in [6, 6.07) is 1.86. The minimum atomic E-state index is 0.0532. The zero-order chi connectivity index (χ0) is 19.6. The quantitative estimate of drug-likeness (QED) is 0.637. The third-order valence-electron chi connectivity index (χ3n) is 4.95. The van der Waals surface area contributed by atoms with Gasteiger partial charge in [-0.25, -0.2) is 19.5 Å². The van der Waals surface area contributed by atoms with Gasteiger partial charge in [0.25, 0.3) is 0 Å². The Morgan fingerprint density at radius 2 is 1.86 bits per heavy atom. The van der Waals surface area contributed by atoms with Gasteiger partial charge in [-0.1, -0.05) is 32.1 Å². The van der Waals surface area contributed by atoms with Crippen LogP contribution >= 0.6 is 11.3 Å². The van der Waals surface area contributed by atoms with Crippen LogP contribution in [0.5, 0.6) is 0 Å². The van der Waals surface area contributed by atoms with Gasteiger partial charge in [-0.2, -0.15) is 0 Å². The number of hydrogen-bond donors (Lipinski definition) is 1. The molecule has 4 heterocycles. The van der Waals surface area contributed by atoms with Crippen molar-refractivity contribution in [2.45, 2.75) is 32.6 Å². The van der Waals surface area contributed by atoms with Crippen molar-refractivity contribution in [1.82, 2.24) is 29.5 Å². The molecule has 1 aliphatic rings. The summed E-state index contributed by atoms with van der Waals surface area (Å²) in [5.41, 5.74) is 1.13. The zero-order valence-electron chi connectivity index (χ0n) is 16.8. The van der Waals surface area contributed by atoms with Crippen molar-refractivity contribution < 1.29 is 0 Å². The number of hydrogen-bond acceptors (Lipinski definition) is 8. The smallest absolute Gasteiger partial charge is 0.225 e. The van der Waals surface area contributed by atoms with Crippen LogP contribution < -0.4 is 10.2 Å². The van der Waals surface area contributed by atoms with Gasteiger partial charge in [0.15, 0.2) is 0 Å². The highest BCUT2D eigenvalue weighted by atomic mass is 32.1. The lowest BCUT2D eigenvalue weighted by atomic mass is 9.93. The van der Waals surface area contributed by atoms with E-state index in [0.29, 0.717) is 0 Å². The van der Waals surface area contributed by atoms with Gasteiger partial charge in [-0.15, -0.1) is 5.10 Å². The van der Waals surface area contributed by atoms with Crippen LogP contribution in [-0.2, 0) is 5.41 Å². The molecule has 28 heavy (non-hydrogen) atoms. The van der Waals surface area contributed by atoms with Crippen molar-refractivity contribution >= 4 is 27.4 Å². The van der Waals surface area contributed by atoms with Crippen LogP contribution in [0.25, 0.3) is 4.96 Å². The Balaban J connectivity index is 1.19. The number of fused-ring (bicyclic) bond motifs is 1. The highest BCUT2D eigenvalue weighted by Crippen LogP contribution is 2.25. The van der Waals surface area contributed by atoms with Crippen molar-refractivity contribution in [2.24, 2.45) is 0 Å². The Kier molecular flexibility index (Phi) is 5.45. The van der Waals surface area contributed by atoms with E-state index in [1.807, 2.05) is 16.8 Å². The number of imidazole rings is 1. The number of rotatable bonds is 6. The predicted molar refractivity (Wildman–Crippen MR) is 113 cm³/mol. The van der Waals surface area contributed by atoms with E-state index in [9.17, 15) is 0 Å². The lowest BCUT2D eigenvalue weighted by molar-refractivity contribution is 0.256. The molecule has 1 N–H and O–H groups in total. The van der Waals surface area contributed by atoms with Crippen LogP contribution in [0.3, 0.4) is 0 Å². The van der Waals surface area contributed by atoms with E-state index in [4.69, 9.17) is 4.98 Å². The first-order valence-electron chi connectivity index (χ1n) is 9.84. The fourth-order valence-electron chi connectivity index (χ4n) is 3.26. The Hall–Kier alpha value is -2.26. The molecule has 0 aliphatic carbocycles. The summed E-state index contributed by atoms with van der Waals surface area (Å²) in [4.78, 5) is 19.1. The monoisotopic (exact) mass is 400 g/mol. The first-order valence-corrected chi connectivity index (χ1v) is 10.7. The molecule has 0 radical (unpaired) electrons. The summed E-state index contributed by atoms with van der Waals surface area (Å²) >= 11 is 1.61. The maximum atomic E-state index is 4.69. The highest BCUT2D eigenvalue weighted by Gasteiger charge is 2.20. The Bertz CT molecular complexity index is 858. The Morgan fingerprint density at radius 3 is 2.54 bits per heavy atom. The molecule has 4 rings (SSSR count). The fraction of sp³-hybridized carbons (Fsp3) is 0.579. The fourth-order valence-corrected chi connectivity index (χ4v) is 4.06. The van der Waals surface area contributed by atoms with Gasteiger partial charge in [0.05, 0.1) is 11.9 Å². The lowest BCUT2D eigenvalue weighted by Gasteiger charge is -2.34. The molecular weight excluding hydrogens is 372 g/mol. The third-order valence-corrected chi connectivity index (χ3v) is 5.83. The normalized spacial score (nSPS) is 16.0. The minimum Gasteiger partial charge on any atom is -0.360 e. The molecule has 8 nitrogen and oxygen atoms in total. The van der Waals surface area contributed by atoms with E-state index in [2.05, 4.69) is 51.0 Å². The molecule has 1 saturated heterocycles. The second-order valence-electron chi connectivity index (χ2n) is 8.17. The molecule has 1 aliphatic heterocycles. The molecule has 3 aromatic heterocycles. The van der Waals surface area contributed by atoms with Crippen molar-refractivity contribution in [3.05, 3.63) is 30.4 Å². The SMILES string of the molecule is CC(C)(C)c1cn2nc(NCCCN3CCN(c4ncccn4)CC3)sc2n1. The lowest BCUT2D eigenvalue weighted by Crippen LogP contribution is -2.47. The van der Waals surface area contributed by atoms with Crippen LogP contribution in [0.15, 0.2) is 24.7 Å². The average Bonchev–Trinajstić information content (AvgIpc) is 3.25. The van der Waals surface area contributed by atoms with Crippen LogP contribution in [0, 0.1) is 0 Å². The highest BCUT2D eigenvalue weighted by molar-refractivity contribution is 7.20. The zero-order valence-corrected chi connectivity index (χ0v) is 17.6. The molecular formula is C19H28N8S. The average molecular weight is 401 g/mol. The molecule has 0 amide bonds. The first-order chi connectivity index (χ1) is 13.5. The van der Waals surface area contributed by atoms with Crippen LogP contribution in [-0.4, -0.2) is 68.7 Å². The summed E-state index contributed by atoms with van der Waals surface area (Å²) in [6.45, 7) is 12.6. The number of aromatic nitrogens is 5. The standard InChI is InChI=1S/C19H28N8S/c1-19(2,3)15-14-27-18(23-15)28-17(24-27)22-8-5-9-25-10-12-26(13-11-25)16-20-6-4-7-21-16/h4,6-7,14H,5,8-13H2,1-3H3,(H,22,24). The Morgan fingerprint density at radius 1 is 1.11 bits per heavy atom. The molecule has 0 aromatic carbocycles. The molecule has 0 saturated carbocycles. The molecule has 3 aromatic rings. The molecule has 1 fully saturated rings. The summed E-state index contributed by atoms with van der Waals surface area (Å²) in [5, 5.41) is 8.98. The van der Waals surface area contributed by atoms with Crippen molar-refractivity contribution in [1.29, 1.82) is 0 Å². The number of nitrogens with one attached hydrogen (secondary N) is 1. The maximum absolute atomic E-state index is 4.69. The molecule has 0 bridgehead atoms. The second-order valence-corrected chi connectivity index (χ2v) is 9.12. The summed E-state index contributed by atoms with van der Waals surface area (Å²) in [7, 11) is 0. The number of nitrogens with zero attached hydrogens (tertiary/aromatic N) is 7. The van der Waals surface area contributed by atoms with E-state index < -0.39 is 0 Å². The van der Waals surface area contributed by atoms with E-state index in [0.717, 1.165) is 67.4 Å². The van der Waals surface area contributed by atoms with Gasteiger partial charge in [-0.05, 0) is 19.0 Å². The van der Waals surface area contributed by atoms with Crippen LogP contribution in [0.1, 0.15) is 32.9 Å². The Labute approximate surface area is 169 Å². The first kappa shape index (κ1) is 19.1. The molecule has 9 heteroatoms. The van der Waals surface area contributed by atoms with Gasteiger partial charge in [-0.3, -0.25) is 4.90 Å². The van der Waals surface area contributed by atoms with Gasteiger partial charge >= 0.3 is 0 Å². The third kappa shape index (κ3) is 4.41. The van der Waals surface area contributed by atoms with E-state index >= 15 is 0 Å². The molecule has 0 unspecified atom stereocenters. The maximum Gasteiger partial charge on any atom is 0.225 e. The predicted octanol–water partition coefficient (Wildman–Crippen LogP) is 2.50. The van der Waals surface area contributed by atoms with Crippen molar-refractivity contribution in [3.8, 4) is 0 Å². The number of anilines is 2. The number of piperazine rings is 1.